The summed E-state index contributed by atoms with van der Waals surface area (Å²) in [5, 5.41) is 13.0. The summed E-state index contributed by atoms with van der Waals surface area (Å²) >= 11 is 0. The van der Waals surface area contributed by atoms with Gasteiger partial charge in [-0.1, -0.05) is 23.4 Å². The summed E-state index contributed by atoms with van der Waals surface area (Å²) in [6.07, 6.45) is 1.50. The summed E-state index contributed by atoms with van der Waals surface area (Å²) in [5.41, 5.74) is 2.59. The van der Waals surface area contributed by atoms with Crippen LogP contribution in [0.4, 0.5) is 0 Å². The molecule has 0 aliphatic heterocycles. The number of aliphatic carboxylic acids is 1. The van der Waals surface area contributed by atoms with Crippen molar-refractivity contribution >= 4 is 23.1 Å². The fourth-order valence-electron chi connectivity index (χ4n) is 1.63. The van der Waals surface area contributed by atoms with Gasteiger partial charge in [-0.2, -0.15) is 0 Å². The second-order valence-corrected chi connectivity index (χ2v) is 3.77. The number of carbonyl (C=O) groups is 1. The molecule has 5 heteroatoms. The molecule has 0 bridgehead atoms. The number of hydrogen-bond acceptors (Lipinski definition) is 4. The molecule has 0 unspecified atom stereocenters. The molecule has 92 valence electrons. The number of nitrogens with zero attached hydrogens (tertiary/aromatic N) is 2. The van der Waals surface area contributed by atoms with Gasteiger partial charge in [0.2, 0.25) is 6.61 Å². The van der Waals surface area contributed by atoms with Crippen molar-refractivity contribution in [2.45, 2.75) is 6.92 Å². The monoisotopic (exact) mass is 244 g/mol. The third-order valence-electron chi connectivity index (χ3n) is 2.33. The number of oxime groups is 1. The first kappa shape index (κ1) is 12.0. The number of carboxylic acids is 1. The predicted molar refractivity (Wildman–Crippen MR) is 67.7 cm³/mol. The van der Waals surface area contributed by atoms with E-state index in [0.717, 1.165) is 22.2 Å². The molecule has 5 nitrogen and oxygen atoms in total. The Morgan fingerprint density at radius 3 is 3.06 bits per heavy atom. The van der Waals surface area contributed by atoms with Gasteiger partial charge in [-0.3, -0.25) is 4.98 Å². The van der Waals surface area contributed by atoms with Crippen LogP contribution in [0.5, 0.6) is 0 Å². The van der Waals surface area contributed by atoms with Crippen LogP contribution >= 0.6 is 0 Å². The van der Waals surface area contributed by atoms with Crippen molar-refractivity contribution in [1.29, 1.82) is 0 Å². The van der Waals surface area contributed by atoms with Crippen LogP contribution < -0.4 is 0 Å². The van der Waals surface area contributed by atoms with Crippen LogP contribution in [0.3, 0.4) is 0 Å². The van der Waals surface area contributed by atoms with Gasteiger partial charge >= 0.3 is 5.97 Å². The van der Waals surface area contributed by atoms with Crippen molar-refractivity contribution in [3.05, 3.63) is 41.6 Å². The molecule has 0 saturated carbocycles. The fraction of sp³-hybridized carbons (Fsp3) is 0.154. The van der Waals surface area contributed by atoms with Gasteiger partial charge < -0.3 is 9.94 Å². The van der Waals surface area contributed by atoms with Crippen LogP contribution in [0, 0.1) is 6.92 Å². The number of hydrogen-bond donors (Lipinski definition) is 1. The Bertz CT molecular complexity index is 608. The van der Waals surface area contributed by atoms with Crippen molar-refractivity contribution in [1.82, 2.24) is 4.98 Å². The predicted octanol–water partition coefficient (Wildman–Crippen LogP) is 1.98. The number of aryl methyl sites for hydroxylation is 1. The zero-order valence-electron chi connectivity index (χ0n) is 9.83. The summed E-state index contributed by atoms with van der Waals surface area (Å²) in [4.78, 5) is 19.3. The Kier molecular flexibility index (Phi) is 3.52. The maximum atomic E-state index is 10.3. The lowest BCUT2D eigenvalue weighted by Crippen LogP contribution is -2.03. The number of aromatic nitrogens is 1. The molecular formula is C13H12N2O3. The Labute approximate surface area is 104 Å². The highest BCUT2D eigenvalue weighted by atomic mass is 16.6. The normalized spacial score (nSPS) is 10.9. The van der Waals surface area contributed by atoms with Gasteiger partial charge in [0.15, 0.2) is 0 Å². The molecular weight excluding hydrogens is 232 g/mol. The third kappa shape index (κ3) is 2.82. The molecule has 0 amide bonds. The van der Waals surface area contributed by atoms with Crippen LogP contribution in [0.15, 0.2) is 35.5 Å². The Morgan fingerprint density at radius 2 is 2.28 bits per heavy atom. The molecule has 0 atom stereocenters. The SMILES string of the molecule is Cc1cc(C=NOCC(=O)O)c2ccccc2n1. The smallest absolute Gasteiger partial charge is 0.344 e. The molecule has 0 aliphatic rings. The molecule has 18 heavy (non-hydrogen) atoms. The van der Waals surface area contributed by atoms with Crippen LogP contribution in [0.25, 0.3) is 10.9 Å². The summed E-state index contributed by atoms with van der Waals surface area (Å²) in [6, 6.07) is 9.54. The number of para-hydroxylation sites is 1. The first-order valence-corrected chi connectivity index (χ1v) is 5.40. The Balaban J connectivity index is 2.29. The Morgan fingerprint density at radius 1 is 1.50 bits per heavy atom. The third-order valence-corrected chi connectivity index (χ3v) is 2.33. The molecule has 1 aromatic heterocycles. The number of rotatable bonds is 4. The maximum absolute atomic E-state index is 10.3. The molecule has 1 heterocycles. The summed E-state index contributed by atoms with van der Waals surface area (Å²) in [6.45, 7) is 1.44. The summed E-state index contributed by atoms with van der Waals surface area (Å²) in [5.74, 6) is -1.05. The van der Waals surface area contributed by atoms with Crippen molar-refractivity contribution in [3.8, 4) is 0 Å². The second kappa shape index (κ2) is 5.27. The van der Waals surface area contributed by atoms with E-state index in [1.54, 1.807) is 0 Å². The average Bonchev–Trinajstić information content (AvgIpc) is 2.34. The molecule has 0 fully saturated rings. The zero-order valence-corrected chi connectivity index (χ0v) is 9.83. The highest BCUT2D eigenvalue weighted by Crippen LogP contribution is 2.16. The molecule has 2 rings (SSSR count). The second-order valence-electron chi connectivity index (χ2n) is 3.77. The lowest BCUT2D eigenvalue weighted by molar-refractivity contribution is -0.142. The van der Waals surface area contributed by atoms with Gasteiger partial charge in [-0.15, -0.1) is 0 Å². The van der Waals surface area contributed by atoms with Crippen molar-refractivity contribution in [2.75, 3.05) is 6.61 Å². The zero-order chi connectivity index (χ0) is 13.0. The topological polar surface area (TPSA) is 71.8 Å². The van der Waals surface area contributed by atoms with Crippen LogP contribution in [0.2, 0.25) is 0 Å². The van der Waals surface area contributed by atoms with E-state index >= 15 is 0 Å². The molecule has 2 aromatic rings. The molecule has 1 N–H and O–H groups in total. The lowest BCUT2D eigenvalue weighted by atomic mass is 10.1. The Hall–Kier alpha value is -2.43. The number of fused-ring (bicyclic) bond motifs is 1. The van der Waals surface area contributed by atoms with E-state index in [1.165, 1.54) is 6.21 Å². The van der Waals surface area contributed by atoms with Crippen molar-refractivity contribution in [2.24, 2.45) is 5.16 Å². The fourth-order valence-corrected chi connectivity index (χ4v) is 1.63. The van der Waals surface area contributed by atoms with E-state index in [0.29, 0.717) is 0 Å². The minimum Gasteiger partial charge on any atom is -0.479 e. The van der Waals surface area contributed by atoms with E-state index in [2.05, 4.69) is 15.0 Å². The molecule has 0 spiro atoms. The highest BCUT2D eigenvalue weighted by molar-refractivity contribution is 5.98. The first-order chi connectivity index (χ1) is 8.66. The van der Waals surface area contributed by atoms with Crippen LogP contribution in [0.1, 0.15) is 11.3 Å². The highest BCUT2D eigenvalue weighted by Gasteiger charge is 2.01. The van der Waals surface area contributed by atoms with Gasteiger partial charge in [-0.05, 0) is 19.1 Å². The number of pyridine rings is 1. The minimum absolute atomic E-state index is 0.446. The largest absolute Gasteiger partial charge is 0.479 e. The lowest BCUT2D eigenvalue weighted by Gasteiger charge is -2.03. The average molecular weight is 244 g/mol. The van der Waals surface area contributed by atoms with Gasteiger partial charge in [0.25, 0.3) is 0 Å². The van der Waals surface area contributed by atoms with Gasteiger partial charge in [-0.25, -0.2) is 4.79 Å². The minimum atomic E-state index is -1.05. The number of carboxylic acid groups (broad SMARTS) is 1. The standard InChI is InChI=1S/C13H12N2O3/c1-9-6-10(7-14-18-8-13(16)17)11-4-2-3-5-12(11)15-9/h2-7H,8H2,1H3,(H,16,17). The maximum Gasteiger partial charge on any atom is 0.344 e. The molecule has 1 aromatic carbocycles. The van der Waals surface area contributed by atoms with Crippen LogP contribution in [-0.2, 0) is 9.63 Å². The van der Waals surface area contributed by atoms with Gasteiger partial charge in [0, 0.05) is 16.6 Å². The van der Waals surface area contributed by atoms with E-state index in [4.69, 9.17) is 5.11 Å². The molecule has 0 saturated heterocycles. The van der Waals surface area contributed by atoms with Gasteiger partial charge in [0.05, 0.1) is 11.7 Å². The van der Waals surface area contributed by atoms with Gasteiger partial charge in [0.1, 0.15) is 0 Å². The molecule has 0 aliphatic carbocycles. The van der Waals surface area contributed by atoms with E-state index in [1.807, 2.05) is 37.3 Å². The van der Waals surface area contributed by atoms with Crippen molar-refractivity contribution in [3.63, 3.8) is 0 Å². The van der Waals surface area contributed by atoms with E-state index < -0.39 is 12.6 Å². The van der Waals surface area contributed by atoms with Crippen molar-refractivity contribution < 1.29 is 14.7 Å². The molecule has 0 radical (unpaired) electrons. The summed E-state index contributed by atoms with van der Waals surface area (Å²) < 4.78 is 0. The summed E-state index contributed by atoms with van der Waals surface area (Å²) in [7, 11) is 0. The first-order valence-electron chi connectivity index (χ1n) is 5.40. The van der Waals surface area contributed by atoms with E-state index in [9.17, 15) is 4.79 Å². The number of benzene rings is 1. The quantitative estimate of drug-likeness (QED) is 0.659. The van der Waals surface area contributed by atoms with E-state index in [-0.39, 0.29) is 0 Å². The van der Waals surface area contributed by atoms with Crippen LogP contribution in [-0.4, -0.2) is 28.9 Å².